The van der Waals surface area contributed by atoms with Crippen LogP contribution in [0.15, 0.2) is 28.9 Å². The van der Waals surface area contributed by atoms with E-state index < -0.39 is 0 Å². The average molecular weight is 286 g/mol. The summed E-state index contributed by atoms with van der Waals surface area (Å²) in [5.74, 6) is 2.59. The second-order valence-electron chi connectivity index (χ2n) is 7.01. The normalized spacial score (nSPS) is 34.7. The second kappa shape index (κ2) is 6.17. The van der Waals surface area contributed by atoms with Gasteiger partial charge in [-0.05, 0) is 42.6 Å². The first kappa shape index (κ1) is 14.6. The summed E-state index contributed by atoms with van der Waals surface area (Å²) in [6.07, 6.45) is 14.6. The maximum Gasteiger partial charge on any atom is 0.243 e. The zero-order valence-corrected chi connectivity index (χ0v) is 13.1. The van der Waals surface area contributed by atoms with Crippen LogP contribution in [-0.4, -0.2) is 12.1 Å². The number of hydrogen-bond acceptors (Lipinski definition) is 2. The maximum atomic E-state index is 12.1. The quantitative estimate of drug-likeness (QED) is 0.621. The molecule has 3 heteroatoms. The summed E-state index contributed by atoms with van der Waals surface area (Å²) < 4.78 is 0. The van der Waals surface area contributed by atoms with Crippen LogP contribution in [0.1, 0.15) is 46.0 Å². The number of nitrogens with one attached hydrogen (secondary N) is 1. The Balaban J connectivity index is 1.44. The van der Waals surface area contributed by atoms with Gasteiger partial charge in [0.2, 0.25) is 5.91 Å². The van der Waals surface area contributed by atoms with Crippen LogP contribution >= 0.6 is 0 Å². The van der Waals surface area contributed by atoms with E-state index in [1.54, 1.807) is 0 Å². The van der Waals surface area contributed by atoms with Crippen molar-refractivity contribution >= 4 is 12.1 Å². The number of hydrazone groups is 1. The number of amides is 1. The molecule has 3 nitrogen and oxygen atoms in total. The molecule has 114 valence electrons. The first-order valence-corrected chi connectivity index (χ1v) is 8.38. The third kappa shape index (κ3) is 3.28. The van der Waals surface area contributed by atoms with E-state index in [9.17, 15) is 4.79 Å². The van der Waals surface area contributed by atoms with Crippen LogP contribution in [0.5, 0.6) is 0 Å². The van der Waals surface area contributed by atoms with E-state index in [0.29, 0.717) is 23.7 Å². The van der Waals surface area contributed by atoms with E-state index in [1.165, 1.54) is 31.3 Å². The molecule has 0 aromatic carbocycles. The van der Waals surface area contributed by atoms with Crippen LogP contribution < -0.4 is 5.43 Å². The highest BCUT2D eigenvalue weighted by molar-refractivity contribution is 5.83. The molecule has 0 bridgehead atoms. The van der Waals surface area contributed by atoms with Gasteiger partial charge < -0.3 is 0 Å². The van der Waals surface area contributed by atoms with Crippen molar-refractivity contribution in [3.63, 3.8) is 0 Å². The van der Waals surface area contributed by atoms with Crippen LogP contribution in [0.3, 0.4) is 0 Å². The predicted octanol–water partition coefficient (Wildman–Crippen LogP) is 3.68. The number of fused-ring (bicyclic) bond motifs is 1. The van der Waals surface area contributed by atoms with Crippen LogP contribution in [0.2, 0.25) is 0 Å². The Labute approximate surface area is 127 Å². The summed E-state index contributed by atoms with van der Waals surface area (Å²) in [7, 11) is 0. The van der Waals surface area contributed by atoms with Crippen LogP contribution in [-0.2, 0) is 4.79 Å². The van der Waals surface area contributed by atoms with E-state index in [0.717, 1.165) is 6.42 Å². The Kier molecular flexibility index (Phi) is 4.27. The molecule has 0 radical (unpaired) electrons. The van der Waals surface area contributed by atoms with E-state index >= 15 is 0 Å². The van der Waals surface area contributed by atoms with Gasteiger partial charge in [-0.25, -0.2) is 5.43 Å². The van der Waals surface area contributed by atoms with Gasteiger partial charge in [-0.1, -0.05) is 44.9 Å². The lowest BCUT2D eigenvalue weighted by atomic mass is 9.92. The van der Waals surface area contributed by atoms with Gasteiger partial charge in [0.15, 0.2) is 0 Å². The third-order valence-corrected chi connectivity index (χ3v) is 5.23. The molecule has 3 aliphatic rings. The van der Waals surface area contributed by atoms with Gasteiger partial charge in [-0.2, -0.15) is 5.10 Å². The van der Waals surface area contributed by atoms with Gasteiger partial charge in [0.05, 0.1) is 0 Å². The lowest BCUT2D eigenvalue weighted by molar-refractivity contribution is -0.122. The zero-order chi connectivity index (χ0) is 14.8. The van der Waals surface area contributed by atoms with Gasteiger partial charge in [0, 0.05) is 18.1 Å². The van der Waals surface area contributed by atoms with Gasteiger partial charge in [-0.3, -0.25) is 4.79 Å². The molecule has 21 heavy (non-hydrogen) atoms. The highest BCUT2D eigenvalue weighted by Crippen LogP contribution is 2.55. The first-order chi connectivity index (χ1) is 10.2. The standard InChI is InChI=1S/C18H26N2O/c1-12(2)14-9-7-13(8-10-14)11-19-20-18(21)17-15-5-3-4-6-16(15)17/h7,9-13,15-17H,3-6,8H2,1-2H3,(H,20,21)/b19-11+. The Morgan fingerprint density at radius 3 is 2.62 bits per heavy atom. The first-order valence-electron chi connectivity index (χ1n) is 8.38. The molecule has 3 aliphatic carbocycles. The molecule has 0 aliphatic heterocycles. The van der Waals surface area contributed by atoms with Crippen molar-refractivity contribution < 1.29 is 4.79 Å². The second-order valence-corrected chi connectivity index (χ2v) is 7.01. The minimum Gasteiger partial charge on any atom is -0.273 e. The topological polar surface area (TPSA) is 41.5 Å². The molecule has 0 aromatic heterocycles. The largest absolute Gasteiger partial charge is 0.273 e. The predicted molar refractivity (Wildman–Crippen MR) is 85.7 cm³/mol. The van der Waals surface area contributed by atoms with Gasteiger partial charge in [0.25, 0.3) is 0 Å². The highest BCUT2D eigenvalue weighted by atomic mass is 16.2. The molecule has 0 aromatic rings. The summed E-state index contributed by atoms with van der Waals surface area (Å²) in [6, 6.07) is 0. The van der Waals surface area contributed by atoms with Crippen molar-refractivity contribution in [3.8, 4) is 0 Å². The van der Waals surface area contributed by atoms with Crippen molar-refractivity contribution in [1.82, 2.24) is 5.43 Å². The lowest BCUT2D eigenvalue weighted by Crippen LogP contribution is -2.21. The Morgan fingerprint density at radius 2 is 2.05 bits per heavy atom. The molecule has 2 saturated carbocycles. The van der Waals surface area contributed by atoms with E-state index in [2.05, 4.69) is 42.6 Å². The molecule has 3 atom stereocenters. The van der Waals surface area contributed by atoms with Gasteiger partial charge in [-0.15, -0.1) is 0 Å². The fourth-order valence-corrected chi connectivity index (χ4v) is 3.84. The zero-order valence-electron chi connectivity index (χ0n) is 13.1. The smallest absolute Gasteiger partial charge is 0.243 e. The molecular weight excluding hydrogens is 260 g/mol. The number of carbonyl (C=O) groups is 1. The summed E-state index contributed by atoms with van der Waals surface area (Å²) in [5.41, 5.74) is 4.15. The Morgan fingerprint density at radius 1 is 1.33 bits per heavy atom. The minimum absolute atomic E-state index is 0.140. The summed E-state index contributed by atoms with van der Waals surface area (Å²) in [5, 5.41) is 4.18. The molecule has 3 unspecified atom stereocenters. The number of rotatable bonds is 4. The van der Waals surface area contributed by atoms with Crippen LogP contribution in [0, 0.1) is 29.6 Å². The molecule has 0 saturated heterocycles. The molecule has 0 spiro atoms. The molecule has 0 heterocycles. The number of hydrogen-bond donors (Lipinski definition) is 1. The van der Waals surface area contributed by atoms with E-state index in [1.807, 2.05) is 6.21 Å². The van der Waals surface area contributed by atoms with Gasteiger partial charge in [0.1, 0.15) is 0 Å². The molecule has 1 amide bonds. The maximum absolute atomic E-state index is 12.1. The van der Waals surface area contributed by atoms with Crippen LogP contribution in [0.4, 0.5) is 0 Å². The van der Waals surface area contributed by atoms with Crippen molar-refractivity contribution in [2.24, 2.45) is 34.7 Å². The van der Waals surface area contributed by atoms with Gasteiger partial charge >= 0.3 is 0 Å². The summed E-state index contributed by atoms with van der Waals surface area (Å²) in [6.45, 7) is 4.42. The lowest BCUT2D eigenvalue weighted by Gasteiger charge is -2.14. The summed E-state index contributed by atoms with van der Waals surface area (Å²) in [4.78, 5) is 12.1. The Bertz CT molecular complexity index is 477. The van der Waals surface area contributed by atoms with Crippen molar-refractivity contribution in [3.05, 3.63) is 23.8 Å². The fourth-order valence-electron chi connectivity index (χ4n) is 3.84. The minimum atomic E-state index is 0.140. The number of carbonyl (C=O) groups excluding carboxylic acids is 1. The fraction of sp³-hybridized carbons (Fsp3) is 0.667. The number of allylic oxidation sites excluding steroid dienone is 4. The molecule has 1 N–H and O–H groups in total. The number of nitrogens with zero attached hydrogens (tertiary/aromatic N) is 1. The molecule has 3 rings (SSSR count). The van der Waals surface area contributed by atoms with Crippen molar-refractivity contribution in [2.75, 3.05) is 0 Å². The monoisotopic (exact) mass is 286 g/mol. The Hall–Kier alpha value is -1.38. The SMILES string of the molecule is CC(C)C1=CCC(/C=N/NC(=O)C2C3CCCCC32)C=C1. The average Bonchev–Trinajstić information content (AvgIpc) is 3.22. The molecule has 2 fully saturated rings. The van der Waals surface area contributed by atoms with E-state index in [4.69, 9.17) is 0 Å². The highest BCUT2D eigenvalue weighted by Gasteiger charge is 2.54. The van der Waals surface area contributed by atoms with E-state index in [-0.39, 0.29) is 11.8 Å². The molecular formula is C18H26N2O. The summed E-state index contributed by atoms with van der Waals surface area (Å²) >= 11 is 0. The van der Waals surface area contributed by atoms with Crippen LogP contribution in [0.25, 0.3) is 0 Å². The third-order valence-electron chi connectivity index (χ3n) is 5.23. The van der Waals surface area contributed by atoms with Crippen molar-refractivity contribution in [1.29, 1.82) is 0 Å². The van der Waals surface area contributed by atoms with Crippen molar-refractivity contribution in [2.45, 2.75) is 46.0 Å².